The number of carboxylic acid groups (broad SMARTS) is 1. The highest BCUT2D eigenvalue weighted by Gasteiger charge is 2.31. The summed E-state index contributed by atoms with van der Waals surface area (Å²) in [5, 5.41) is 9.13. The molecule has 1 fully saturated rings. The van der Waals surface area contributed by atoms with Crippen LogP contribution in [0.25, 0.3) is 0 Å². The monoisotopic (exact) mass is 331 g/mol. The number of amides is 1. The van der Waals surface area contributed by atoms with Gasteiger partial charge in [0.25, 0.3) is 0 Å². The third-order valence-electron chi connectivity index (χ3n) is 3.06. The number of carbonyl (C=O) groups is 2. The molecule has 1 aliphatic rings. The number of carbonyl (C=O) groups excluding carboxylic acids is 1. The maximum Gasteiger partial charge on any atom is 0.326 e. The van der Waals surface area contributed by atoms with E-state index in [0.717, 1.165) is 21.5 Å². The van der Waals surface area contributed by atoms with E-state index < -0.39 is 12.0 Å². The summed E-state index contributed by atoms with van der Waals surface area (Å²) in [6.45, 7) is 0.558. The number of piperidine rings is 1. The molecule has 0 aromatic carbocycles. The van der Waals surface area contributed by atoms with Crippen LogP contribution >= 0.6 is 27.3 Å². The molecule has 4 nitrogen and oxygen atoms in total. The summed E-state index contributed by atoms with van der Waals surface area (Å²) in [7, 11) is 0. The van der Waals surface area contributed by atoms with Crippen LogP contribution in [0, 0.1) is 0 Å². The van der Waals surface area contributed by atoms with Crippen LogP contribution in [-0.4, -0.2) is 34.5 Å². The zero-order chi connectivity index (χ0) is 13.1. The van der Waals surface area contributed by atoms with Gasteiger partial charge in [0.2, 0.25) is 5.91 Å². The summed E-state index contributed by atoms with van der Waals surface area (Å²) in [6.07, 6.45) is 2.63. The third kappa shape index (κ3) is 3.11. The lowest BCUT2D eigenvalue weighted by Crippen LogP contribution is -2.48. The van der Waals surface area contributed by atoms with E-state index in [9.17, 15) is 9.59 Å². The largest absolute Gasteiger partial charge is 0.480 e. The number of likely N-dealkylation sites (tertiary alicyclic amines) is 1. The molecule has 2 heterocycles. The number of nitrogens with zero attached hydrogens (tertiary/aromatic N) is 1. The Labute approximate surface area is 118 Å². The van der Waals surface area contributed by atoms with Gasteiger partial charge >= 0.3 is 5.97 Å². The minimum Gasteiger partial charge on any atom is -0.480 e. The van der Waals surface area contributed by atoms with Crippen LogP contribution in [0.2, 0.25) is 0 Å². The Hall–Kier alpha value is -0.880. The predicted molar refractivity (Wildman–Crippen MR) is 72.7 cm³/mol. The Bertz CT molecular complexity index is 460. The molecule has 2 rings (SSSR count). The molecule has 0 unspecified atom stereocenters. The van der Waals surface area contributed by atoms with Gasteiger partial charge in [-0.25, -0.2) is 4.79 Å². The molecule has 0 aliphatic carbocycles. The fourth-order valence-corrected chi connectivity index (χ4v) is 3.66. The van der Waals surface area contributed by atoms with Gasteiger partial charge in [0, 0.05) is 11.4 Å². The second-order valence-electron chi connectivity index (χ2n) is 4.32. The Kier molecular flexibility index (Phi) is 4.40. The molecule has 0 radical (unpaired) electrons. The van der Waals surface area contributed by atoms with Gasteiger partial charge in [-0.1, -0.05) is 0 Å². The van der Waals surface area contributed by atoms with Gasteiger partial charge in [0.05, 0.1) is 10.2 Å². The van der Waals surface area contributed by atoms with E-state index >= 15 is 0 Å². The van der Waals surface area contributed by atoms with Gasteiger partial charge in [-0.15, -0.1) is 11.3 Å². The summed E-state index contributed by atoms with van der Waals surface area (Å²) < 4.78 is 0.985. The van der Waals surface area contributed by atoms with E-state index in [1.807, 2.05) is 12.1 Å². The molecule has 1 aliphatic heterocycles. The van der Waals surface area contributed by atoms with Crippen molar-refractivity contribution in [3.63, 3.8) is 0 Å². The van der Waals surface area contributed by atoms with Crippen LogP contribution < -0.4 is 0 Å². The minimum atomic E-state index is -0.893. The fourth-order valence-electron chi connectivity index (χ4n) is 2.18. The van der Waals surface area contributed by atoms with Crippen molar-refractivity contribution in [3.8, 4) is 0 Å². The zero-order valence-corrected chi connectivity index (χ0v) is 12.2. The van der Waals surface area contributed by atoms with Gasteiger partial charge in [0.15, 0.2) is 0 Å². The standard InChI is InChI=1S/C12H14BrNO3S/c13-10-5-4-8(18-10)7-11(15)14-6-2-1-3-9(14)12(16)17/h4-5,9H,1-3,6-7H2,(H,16,17)/t9-/m0/s1. The van der Waals surface area contributed by atoms with Crippen molar-refractivity contribution in [1.29, 1.82) is 0 Å². The molecule has 0 saturated carbocycles. The summed E-state index contributed by atoms with van der Waals surface area (Å²) in [6, 6.07) is 3.15. The van der Waals surface area contributed by atoms with Crippen LogP contribution in [0.4, 0.5) is 0 Å². The SMILES string of the molecule is O=C(O)[C@@H]1CCCCN1C(=O)Cc1ccc(Br)s1. The minimum absolute atomic E-state index is 0.0866. The average molecular weight is 332 g/mol. The van der Waals surface area contributed by atoms with Crippen molar-refractivity contribution in [2.24, 2.45) is 0 Å². The quantitative estimate of drug-likeness (QED) is 0.925. The van der Waals surface area contributed by atoms with Gasteiger partial charge in [0.1, 0.15) is 6.04 Å². The number of carboxylic acids is 1. The Morgan fingerprint density at radius 1 is 1.44 bits per heavy atom. The molecule has 1 amide bonds. The van der Waals surface area contributed by atoms with E-state index in [0.29, 0.717) is 19.4 Å². The van der Waals surface area contributed by atoms with Crippen molar-refractivity contribution >= 4 is 39.1 Å². The molecule has 1 aromatic rings. The Balaban J connectivity index is 2.04. The van der Waals surface area contributed by atoms with Crippen LogP contribution in [0.1, 0.15) is 24.1 Å². The summed E-state index contributed by atoms with van der Waals surface area (Å²) in [4.78, 5) is 25.7. The lowest BCUT2D eigenvalue weighted by molar-refractivity contribution is -0.151. The molecule has 1 aromatic heterocycles. The van der Waals surface area contributed by atoms with Gasteiger partial charge in [-0.3, -0.25) is 4.79 Å². The lowest BCUT2D eigenvalue weighted by Gasteiger charge is -2.32. The van der Waals surface area contributed by atoms with E-state index in [4.69, 9.17) is 5.11 Å². The maximum absolute atomic E-state index is 12.1. The third-order valence-corrected chi connectivity index (χ3v) is 4.69. The van der Waals surface area contributed by atoms with Crippen molar-refractivity contribution in [3.05, 3.63) is 20.8 Å². The van der Waals surface area contributed by atoms with Gasteiger partial charge in [-0.05, 0) is 47.3 Å². The lowest BCUT2D eigenvalue weighted by atomic mass is 10.0. The smallest absolute Gasteiger partial charge is 0.326 e. The Morgan fingerprint density at radius 2 is 2.22 bits per heavy atom. The summed E-state index contributed by atoms with van der Waals surface area (Å²) in [5.74, 6) is -0.980. The van der Waals surface area contributed by atoms with E-state index in [1.54, 1.807) is 0 Å². The highest BCUT2D eigenvalue weighted by molar-refractivity contribution is 9.11. The van der Waals surface area contributed by atoms with Crippen molar-refractivity contribution in [2.45, 2.75) is 31.7 Å². The number of thiophene rings is 1. The first-order chi connectivity index (χ1) is 8.58. The van der Waals surface area contributed by atoms with Crippen LogP contribution in [0.3, 0.4) is 0 Å². The second kappa shape index (κ2) is 5.84. The second-order valence-corrected chi connectivity index (χ2v) is 6.87. The number of rotatable bonds is 3. The van der Waals surface area contributed by atoms with E-state index in [1.165, 1.54) is 16.2 Å². The molecule has 0 bridgehead atoms. The number of hydrogen-bond donors (Lipinski definition) is 1. The van der Waals surface area contributed by atoms with Crippen LogP contribution in [-0.2, 0) is 16.0 Å². The topological polar surface area (TPSA) is 57.6 Å². The maximum atomic E-state index is 12.1. The molecule has 98 valence electrons. The zero-order valence-electron chi connectivity index (χ0n) is 9.76. The first-order valence-corrected chi connectivity index (χ1v) is 7.45. The first kappa shape index (κ1) is 13.5. The molecular formula is C12H14BrNO3S. The van der Waals surface area contributed by atoms with Gasteiger partial charge in [-0.2, -0.15) is 0 Å². The first-order valence-electron chi connectivity index (χ1n) is 5.84. The van der Waals surface area contributed by atoms with E-state index in [-0.39, 0.29) is 5.91 Å². The van der Waals surface area contributed by atoms with E-state index in [2.05, 4.69) is 15.9 Å². The van der Waals surface area contributed by atoms with Crippen molar-refractivity contribution in [1.82, 2.24) is 4.90 Å². The molecule has 18 heavy (non-hydrogen) atoms. The van der Waals surface area contributed by atoms with Crippen molar-refractivity contribution < 1.29 is 14.7 Å². The van der Waals surface area contributed by atoms with Crippen molar-refractivity contribution in [2.75, 3.05) is 6.54 Å². The highest BCUT2D eigenvalue weighted by atomic mass is 79.9. The summed E-state index contributed by atoms with van der Waals surface area (Å²) >= 11 is 4.86. The number of aliphatic carboxylic acids is 1. The highest BCUT2D eigenvalue weighted by Crippen LogP contribution is 2.24. The molecule has 6 heteroatoms. The normalized spacial score (nSPS) is 19.8. The predicted octanol–water partition coefficient (Wildman–Crippen LogP) is 2.52. The molecule has 1 N–H and O–H groups in total. The van der Waals surface area contributed by atoms with Gasteiger partial charge < -0.3 is 10.0 Å². The molecular weight excluding hydrogens is 318 g/mol. The molecule has 1 saturated heterocycles. The summed E-state index contributed by atoms with van der Waals surface area (Å²) in [5.41, 5.74) is 0. The molecule has 1 atom stereocenters. The van der Waals surface area contributed by atoms with Crippen LogP contribution in [0.5, 0.6) is 0 Å². The number of hydrogen-bond acceptors (Lipinski definition) is 3. The number of halogens is 1. The Morgan fingerprint density at radius 3 is 2.83 bits per heavy atom. The fraction of sp³-hybridized carbons (Fsp3) is 0.500. The molecule has 0 spiro atoms. The van der Waals surface area contributed by atoms with Crippen LogP contribution in [0.15, 0.2) is 15.9 Å². The average Bonchev–Trinajstić information content (AvgIpc) is 2.74.